The van der Waals surface area contributed by atoms with Crippen LogP contribution in [0.5, 0.6) is 5.75 Å². The lowest BCUT2D eigenvalue weighted by Gasteiger charge is -2.10. The lowest BCUT2D eigenvalue weighted by Crippen LogP contribution is -2.13. The molecule has 0 aliphatic rings. The van der Waals surface area contributed by atoms with Gasteiger partial charge in [0.1, 0.15) is 5.75 Å². The van der Waals surface area contributed by atoms with Gasteiger partial charge in [-0.05, 0) is 30.2 Å². The second-order valence-electron chi connectivity index (χ2n) is 4.82. The molecule has 23 heavy (non-hydrogen) atoms. The second kappa shape index (κ2) is 7.60. The highest BCUT2D eigenvalue weighted by Crippen LogP contribution is 2.29. The number of carbonyl (C=O) groups is 1. The zero-order chi connectivity index (χ0) is 16.8. The van der Waals surface area contributed by atoms with Gasteiger partial charge in [-0.25, -0.2) is 0 Å². The normalized spacial score (nSPS) is 10.2. The Labute approximate surface area is 138 Å². The molecule has 0 bridgehead atoms. The molecule has 0 unspecified atom stereocenters. The third-order valence-corrected chi connectivity index (χ3v) is 3.48. The first-order valence-corrected chi connectivity index (χ1v) is 7.24. The number of nitrogens with zero attached hydrogens (tertiary/aromatic N) is 1. The molecule has 0 aliphatic carbocycles. The van der Waals surface area contributed by atoms with Crippen molar-refractivity contribution in [2.24, 2.45) is 0 Å². The number of ether oxygens (including phenoxy) is 1. The Bertz CT molecular complexity index is 717. The SMILES string of the molecule is COc1cc([N+](=O)[O-])ccc1NC(=O)CCc1ccc(Cl)cc1. The van der Waals surface area contributed by atoms with E-state index in [4.69, 9.17) is 16.3 Å². The fourth-order valence-electron chi connectivity index (χ4n) is 2.02. The number of amides is 1. The van der Waals surface area contributed by atoms with E-state index in [0.717, 1.165) is 5.56 Å². The van der Waals surface area contributed by atoms with E-state index in [1.807, 2.05) is 12.1 Å². The largest absolute Gasteiger partial charge is 0.494 e. The van der Waals surface area contributed by atoms with Crippen molar-refractivity contribution >= 4 is 28.9 Å². The molecule has 6 nitrogen and oxygen atoms in total. The predicted molar refractivity (Wildman–Crippen MR) is 88.1 cm³/mol. The Kier molecular flexibility index (Phi) is 5.54. The average molecular weight is 335 g/mol. The molecule has 1 N–H and O–H groups in total. The van der Waals surface area contributed by atoms with Gasteiger partial charge in [0.2, 0.25) is 5.91 Å². The van der Waals surface area contributed by atoms with Gasteiger partial charge in [-0.15, -0.1) is 0 Å². The number of carbonyl (C=O) groups excluding carboxylic acids is 1. The van der Waals surface area contributed by atoms with Crippen molar-refractivity contribution in [3.05, 3.63) is 63.2 Å². The average Bonchev–Trinajstić information content (AvgIpc) is 2.54. The van der Waals surface area contributed by atoms with Crippen molar-refractivity contribution in [1.82, 2.24) is 0 Å². The van der Waals surface area contributed by atoms with Crippen molar-refractivity contribution in [1.29, 1.82) is 0 Å². The maximum atomic E-state index is 12.0. The Hall–Kier alpha value is -2.60. The molecular formula is C16H15ClN2O4. The Morgan fingerprint density at radius 1 is 1.26 bits per heavy atom. The van der Waals surface area contributed by atoms with E-state index in [-0.39, 0.29) is 23.8 Å². The lowest BCUT2D eigenvalue weighted by molar-refractivity contribution is -0.384. The lowest BCUT2D eigenvalue weighted by atomic mass is 10.1. The molecular weight excluding hydrogens is 320 g/mol. The van der Waals surface area contributed by atoms with Crippen LogP contribution in [0.25, 0.3) is 0 Å². The first-order chi connectivity index (χ1) is 11.0. The summed E-state index contributed by atoms with van der Waals surface area (Å²) in [6, 6.07) is 11.3. The van der Waals surface area contributed by atoms with Crippen molar-refractivity contribution < 1.29 is 14.5 Å². The molecule has 120 valence electrons. The Morgan fingerprint density at radius 2 is 1.96 bits per heavy atom. The van der Waals surface area contributed by atoms with Gasteiger partial charge in [0.25, 0.3) is 5.69 Å². The van der Waals surface area contributed by atoms with Gasteiger partial charge in [0.15, 0.2) is 0 Å². The highest BCUT2D eigenvalue weighted by atomic mass is 35.5. The standard InChI is InChI=1S/C16H15ClN2O4/c1-23-15-10-13(19(21)22)7-8-14(15)18-16(20)9-4-11-2-5-12(17)6-3-11/h2-3,5-8,10H,4,9H2,1H3,(H,18,20). The summed E-state index contributed by atoms with van der Waals surface area (Å²) in [6.45, 7) is 0. The number of aryl methyl sites for hydroxylation is 1. The number of nitrogens with one attached hydrogen (secondary N) is 1. The molecule has 0 fully saturated rings. The van der Waals surface area contributed by atoms with Gasteiger partial charge in [-0.3, -0.25) is 14.9 Å². The number of rotatable bonds is 6. The number of non-ortho nitro benzene ring substituents is 1. The second-order valence-corrected chi connectivity index (χ2v) is 5.25. The van der Waals surface area contributed by atoms with E-state index in [0.29, 0.717) is 17.1 Å². The molecule has 2 aromatic rings. The highest BCUT2D eigenvalue weighted by Gasteiger charge is 2.13. The van der Waals surface area contributed by atoms with E-state index in [1.165, 1.54) is 25.3 Å². The van der Waals surface area contributed by atoms with Gasteiger partial charge in [-0.1, -0.05) is 23.7 Å². The van der Waals surface area contributed by atoms with Gasteiger partial charge >= 0.3 is 0 Å². The zero-order valence-corrected chi connectivity index (χ0v) is 13.2. The predicted octanol–water partition coefficient (Wildman–Crippen LogP) is 3.83. The van der Waals surface area contributed by atoms with Crippen LogP contribution in [-0.2, 0) is 11.2 Å². The molecule has 7 heteroatoms. The summed E-state index contributed by atoms with van der Waals surface area (Å²) < 4.78 is 5.08. The number of benzene rings is 2. The Balaban J connectivity index is 1.99. The minimum atomic E-state index is -0.519. The van der Waals surface area contributed by atoms with Crippen LogP contribution in [0.3, 0.4) is 0 Å². The van der Waals surface area contributed by atoms with Gasteiger partial charge in [0.05, 0.1) is 23.8 Å². The summed E-state index contributed by atoms with van der Waals surface area (Å²) in [7, 11) is 1.39. The van der Waals surface area contributed by atoms with Crippen LogP contribution in [0.1, 0.15) is 12.0 Å². The number of hydrogen-bond donors (Lipinski definition) is 1. The van der Waals surface area contributed by atoms with Crippen LogP contribution in [0.4, 0.5) is 11.4 Å². The van der Waals surface area contributed by atoms with Crippen molar-refractivity contribution in [2.45, 2.75) is 12.8 Å². The zero-order valence-electron chi connectivity index (χ0n) is 12.4. The number of methoxy groups -OCH3 is 1. The molecule has 0 radical (unpaired) electrons. The van der Waals surface area contributed by atoms with Gasteiger partial charge in [-0.2, -0.15) is 0 Å². The number of hydrogen-bond acceptors (Lipinski definition) is 4. The number of anilines is 1. The maximum Gasteiger partial charge on any atom is 0.273 e. The van der Waals surface area contributed by atoms with E-state index >= 15 is 0 Å². The number of nitro benzene ring substituents is 1. The molecule has 0 atom stereocenters. The molecule has 0 aromatic heterocycles. The van der Waals surface area contributed by atoms with Crippen LogP contribution in [-0.4, -0.2) is 17.9 Å². The topological polar surface area (TPSA) is 81.5 Å². The summed E-state index contributed by atoms with van der Waals surface area (Å²) in [6.07, 6.45) is 0.847. The van der Waals surface area contributed by atoms with E-state index in [2.05, 4.69) is 5.32 Å². The van der Waals surface area contributed by atoms with Crippen LogP contribution >= 0.6 is 11.6 Å². The fourth-order valence-corrected chi connectivity index (χ4v) is 2.14. The van der Waals surface area contributed by atoms with Crippen LogP contribution < -0.4 is 10.1 Å². The summed E-state index contributed by atoms with van der Waals surface area (Å²) >= 11 is 5.81. The van der Waals surface area contributed by atoms with Crippen molar-refractivity contribution in [2.75, 3.05) is 12.4 Å². The van der Waals surface area contributed by atoms with Crippen molar-refractivity contribution in [3.8, 4) is 5.75 Å². The minimum absolute atomic E-state index is 0.0963. The molecule has 2 aromatic carbocycles. The summed E-state index contributed by atoms with van der Waals surface area (Å²) in [5.41, 5.74) is 1.31. The first-order valence-electron chi connectivity index (χ1n) is 6.86. The number of halogens is 1. The maximum absolute atomic E-state index is 12.0. The van der Waals surface area contributed by atoms with E-state index < -0.39 is 4.92 Å². The summed E-state index contributed by atoms with van der Waals surface area (Å²) in [5, 5.41) is 14.1. The molecule has 0 saturated carbocycles. The monoisotopic (exact) mass is 334 g/mol. The molecule has 0 aliphatic heterocycles. The summed E-state index contributed by atoms with van der Waals surface area (Å²) in [4.78, 5) is 22.2. The van der Waals surface area contributed by atoms with Gasteiger partial charge in [0, 0.05) is 17.5 Å². The molecule has 0 spiro atoms. The molecule has 2 rings (SSSR count). The van der Waals surface area contributed by atoms with Crippen molar-refractivity contribution in [3.63, 3.8) is 0 Å². The van der Waals surface area contributed by atoms with Crippen LogP contribution in [0.15, 0.2) is 42.5 Å². The number of nitro groups is 1. The molecule has 0 heterocycles. The molecule has 0 saturated heterocycles. The molecule has 1 amide bonds. The highest BCUT2D eigenvalue weighted by molar-refractivity contribution is 6.30. The first kappa shape index (κ1) is 16.8. The fraction of sp³-hybridized carbons (Fsp3) is 0.188. The van der Waals surface area contributed by atoms with Crippen LogP contribution in [0.2, 0.25) is 5.02 Å². The third-order valence-electron chi connectivity index (χ3n) is 3.22. The third kappa shape index (κ3) is 4.69. The summed E-state index contributed by atoms with van der Waals surface area (Å²) in [5.74, 6) is 0.0474. The van der Waals surface area contributed by atoms with E-state index in [1.54, 1.807) is 12.1 Å². The van der Waals surface area contributed by atoms with Gasteiger partial charge < -0.3 is 10.1 Å². The van der Waals surface area contributed by atoms with E-state index in [9.17, 15) is 14.9 Å². The minimum Gasteiger partial charge on any atom is -0.494 e. The quantitative estimate of drug-likeness (QED) is 0.643. The van der Waals surface area contributed by atoms with Crippen LogP contribution in [0, 0.1) is 10.1 Å². The Morgan fingerprint density at radius 3 is 2.57 bits per heavy atom. The smallest absolute Gasteiger partial charge is 0.273 e.